The molecule has 1 aromatic carbocycles. The average Bonchev–Trinajstić information content (AvgIpc) is 2.68. The molecule has 27 heavy (non-hydrogen) atoms. The lowest BCUT2D eigenvalue weighted by atomic mass is 9.73. The van der Waals surface area contributed by atoms with E-state index in [0.29, 0.717) is 37.9 Å². The standard InChI is InChI=1S/C20H28N2O4S/c1-2-17(23)21-15-8-10-20(13-27,11-9-15)19(26)22-16(18(24)25)12-14-6-4-3-5-7-14/h3-7,15-16,27H,2,8-13H2,1H3,(H,21,23)(H,22,26)(H,24,25)/t15?,16-,20?/m0/s1. The van der Waals surface area contributed by atoms with Crippen LogP contribution < -0.4 is 10.6 Å². The van der Waals surface area contributed by atoms with Crippen LogP contribution in [0, 0.1) is 5.41 Å². The van der Waals surface area contributed by atoms with Crippen LogP contribution in [0.1, 0.15) is 44.6 Å². The normalized spacial score (nSPS) is 23.3. The number of carbonyl (C=O) groups is 3. The van der Waals surface area contributed by atoms with Gasteiger partial charge in [-0.05, 0) is 31.2 Å². The average molecular weight is 393 g/mol. The summed E-state index contributed by atoms with van der Waals surface area (Å²) in [4.78, 5) is 36.1. The highest BCUT2D eigenvalue weighted by Crippen LogP contribution is 2.38. The van der Waals surface area contributed by atoms with E-state index in [2.05, 4.69) is 23.3 Å². The molecule has 148 valence electrons. The summed E-state index contributed by atoms with van der Waals surface area (Å²) in [5, 5.41) is 15.2. The Morgan fingerprint density at radius 2 is 1.85 bits per heavy atom. The molecule has 1 saturated carbocycles. The van der Waals surface area contributed by atoms with Crippen molar-refractivity contribution >= 4 is 30.4 Å². The number of aliphatic carboxylic acids is 1. The van der Waals surface area contributed by atoms with Gasteiger partial charge in [-0.2, -0.15) is 12.6 Å². The van der Waals surface area contributed by atoms with Crippen molar-refractivity contribution in [3.05, 3.63) is 35.9 Å². The summed E-state index contributed by atoms with van der Waals surface area (Å²) in [6, 6.07) is 8.33. The van der Waals surface area contributed by atoms with Gasteiger partial charge in [-0.25, -0.2) is 4.79 Å². The third-order valence-corrected chi connectivity index (χ3v) is 5.90. The van der Waals surface area contributed by atoms with E-state index in [-0.39, 0.29) is 24.3 Å². The Morgan fingerprint density at radius 1 is 1.22 bits per heavy atom. The van der Waals surface area contributed by atoms with E-state index < -0.39 is 17.4 Å². The van der Waals surface area contributed by atoms with E-state index in [1.165, 1.54) is 0 Å². The largest absolute Gasteiger partial charge is 0.480 e. The van der Waals surface area contributed by atoms with Crippen molar-refractivity contribution in [1.29, 1.82) is 0 Å². The van der Waals surface area contributed by atoms with Gasteiger partial charge in [-0.15, -0.1) is 0 Å². The summed E-state index contributed by atoms with van der Waals surface area (Å²) in [6.45, 7) is 1.81. The van der Waals surface area contributed by atoms with Crippen molar-refractivity contribution in [2.45, 2.75) is 57.5 Å². The molecule has 1 aromatic rings. The van der Waals surface area contributed by atoms with Crippen molar-refractivity contribution in [3.63, 3.8) is 0 Å². The van der Waals surface area contributed by atoms with Gasteiger partial charge in [0.1, 0.15) is 6.04 Å². The smallest absolute Gasteiger partial charge is 0.326 e. The minimum atomic E-state index is -1.05. The molecule has 1 fully saturated rings. The first-order valence-electron chi connectivity index (χ1n) is 9.38. The molecule has 3 N–H and O–H groups in total. The van der Waals surface area contributed by atoms with E-state index >= 15 is 0 Å². The Bertz CT molecular complexity index is 657. The van der Waals surface area contributed by atoms with Crippen LogP contribution in [0.15, 0.2) is 30.3 Å². The highest BCUT2D eigenvalue weighted by Gasteiger charge is 2.42. The minimum absolute atomic E-state index is 0.0108. The third kappa shape index (κ3) is 5.73. The van der Waals surface area contributed by atoms with Gasteiger partial charge in [0.2, 0.25) is 11.8 Å². The van der Waals surface area contributed by atoms with E-state index in [0.717, 1.165) is 5.56 Å². The van der Waals surface area contributed by atoms with Crippen molar-refractivity contribution in [2.24, 2.45) is 5.41 Å². The number of carbonyl (C=O) groups excluding carboxylic acids is 2. The summed E-state index contributed by atoms with van der Waals surface area (Å²) < 4.78 is 0. The van der Waals surface area contributed by atoms with E-state index in [9.17, 15) is 19.5 Å². The quantitative estimate of drug-likeness (QED) is 0.510. The Labute approximate surface area is 165 Å². The maximum atomic E-state index is 12.9. The number of nitrogens with one attached hydrogen (secondary N) is 2. The molecule has 0 saturated heterocycles. The van der Waals surface area contributed by atoms with Gasteiger partial charge in [0.05, 0.1) is 5.41 Å². The van der Waals surface area contributed by atoms with Crippen LogP contribution in [-0.2, 0) is 20.8 Å². The van der Waals surface area contributed by atoms with Crippen molar-refractivity contribution < 1.29 is 19.5 Å². The van der Waals surface area contributed by atoms with Crippen molar-refractivity contribution in [2.75, 3.05) is 5.75 Å². The zero-order chi connectivity index (χ0) is 19.9. The number of hydrogen-bond acceptors (Lipinski definition) is 4. The predicted octanol–water partition coefficient (Wildman–Crippen LogP) is 2.18. The Kier molecular flexibility index (Phi) is 7.71. The summed E-state index contributed by atoms with van der Waals surface area (Å²) in [7, 11) is 0. The molecular weight excluding hydrogens is 364 g/mol. The number of hydrogen-bond donors (Lipinski definition) is 4. The number of thiol groups is 1. The predicted molar refractivity (Wildman–Crippen MR) is 107 cm³/mol. The molecule has 2 rings (SSSR count). The molecule has 1 aliphatic rings. The molecular formula is C20H28N2O4S. The molecule has 0 aromatic heterocycles. The Balaban J connectivity index is 2.00. The first-order chi connectivity index (χ1) is 12.9. The van der Waals surface area contributed by atoms with Crippen molar-refractivity contribution in [3.8, 4) is 0 Å². The van der Waals surface area contributed by atoms with Crippen LogP contribution in [0.3, 0.4) is 0 Å². The molecule has 0 aliphatic heterocycles. The minimum Gasteiger partial charge on any atom is -0.480 e. The molecule has 1 aliphatic carbocycles. The number of amides is 2. The van der Waals surface area contributed by atoms with Gasteiger partial charge in [0, 0.05) is 24.6 Å². The van der Waals surface area contributed by atoms with Crippen LogP contribution in [-0.4, -0.2) is 40.7 Å². The molecule has 6 nitrogen and oxygen atoms in total. The maximum Gasteiger partial charge on any atom is 0.326 e. The molecule has 0 bridgehead atoms. The fourth-order valence-electron chi connectivity index (χ4n) is 3.46. The molecule has 2 amide bonds. The first-order valence-corrected chi connectivity index (χ1v) is 10.0. The Hall–Kier alpha value is -2.02. The van der Waals surface area contributed by atoms with E-state index in [1.54, 1.807) is 0 Å². The number of benzene rings is 1. The van der Waals surface area contributed by atoms with Gasteiger partial charge in [0.25, 0.3) is 0 Å². The molecule has 0 spiro atoms. The zero-order valence-corrected chi connectivity index (χ0v) is 16.5. The lowest BCUT2D eigenvalue weighted by molar-refractivity contribution is -0.144. The highest BCUT2D eigenvalue weighted by atomic mass is 32.1. The molecule has 0 unspecified atom stereocenters. The van der Waals surface area contributed by atoms with Gasteiger partial charge in [0.15, 0.2) is 0 Å². The molecule has 0 heterocycles. The van der Waals surface area contributed by atoms with Crippen LogP contribution in [0.2, 0.25) is 0 Å². The second-order valence-corrected chi connectivity index (χ2v) is 7.50. The van der Waals surface area contributed by atoms with E-state index in [1.807, 2.05) is 37.3 Å². The van der Waals surface area contributed by atoms with Gasteiger partial charge in [-0.1, -0.05) is 37.3 Å². The maximum absolute atomic E-state index is 12.9. The number of carboxylic acids is 1. The SMILES string of the molecule is CCC(=O)NC1CCC(CS)(C(=O)N[C@@H](Cc2ccccc2)C(=O)O)CC1. The van der Waals surface area contributed by atoms with Crippen LogP contribution in [0.5, 0.6) is 0 Å². The van der Waals surface area contributed by atoms with Crippen LogP contribution in [0.4, 0.5) is 0 Å². The summed E-state index contributed by atoms with van der Waals surface area (Å²) >= 11 is 4.38. The number of rotatable bonds is 8. The zero-order valence-electron chi connectivity index (χ0n) is 15.6. The second kappa shape index (κ2) is 9.78. The van der Waals surface area contributed by atoms with Crippen molar-refractivity contribution in [1.82, 2.24) is 10.6 Å². The monoisotopic (exact) mass is 392 g/mol. The lowest BCUT2D eigenvalue weighted by Crippen LogP contribution is -2.53. The van der Waals surface area contributed by atoms with Gasteiger partial charge >= 0.3 is 5.97 Å². The lowest BCUT2D eigenvalue weighted by Gasteiger charge is -2.38. The molecule has 7 heteroatoms. The number of carboxylic acid groups (broad SMARTS) is 1. The molecule has 0 radical (unpaired) electrons. The van der Waals surface area contributed by atoms with Gasteiger partial charge < -0.3 is 15.7 Å². The topological polar surface area (TPSA) is 95.5 Å². The summed E-state index contributed by atoms with van der Waals surface area (Å²) in [5.74, 6) is -0.951. The third-order valence-electron chi connectivity index (χ3n) is 5.30. The van der Waals surface area contributed by atoms with Crippen LogP contribution in [0.25, 0.3) is 0 Å². The van der Waals surface area contributed by atoms with Gasteiger partial charge in [-0.3, -0.25) is 9.59 Å². The first kappa shape index (κ1) is 21.3. The fourth-order valence-corrected chi connectivity index (χ4v) is 3.92. The second-order valence-electron chi connectivity index (χ2n) is 7.19. The molecule has 1 atom stereocenters. The summed E-state index contributed by atoms with van der Waals surface area (Å²) in [5.41, 5.74) is 0.164. The van der Waals surface area contributed by atoms with Crippen LogP contribution >= 0.6 is 12.6 Å². The highest BCUT2D eigenvalue weighted by molar-refractivity contribution is 7.80. The summed E-state index contributed by atoms with van der Waals surface area (Å²) in [6.07, 6.45) is 3.21. The van der Waals surface area contributed by atoms with E-state index in [4.69, 9.17) is 0 Å². The fraction of sp³-hybridized carbons (Fsp3) is 0.550. The Morgan fingerprint density at radius 3 is 2.37 bits per heavy atom.